The molecule has 0 amide bonds. The lowest BCUT2D eigenvalue weighted by Crippen LogP contribution is -2.49. The molecule has 2 saturated heterocycles. The summed E-state index contributed by atoms with van der Waals surface area (Å²) in [6.07, 6.45) is 4.54. The third-order valence-electron chi connectivity index (χ3n) is 5.42. The van der Waals surface area contributed by atoms with Crippen molar-refractivity contribution in [3.8, 4) is 0 Å². The fourth-order valence-electron chi connectivity index (χ4n) is 4.15. The van der Waals surface area contributed by atoms with Crippen molar-refractivity contribution in [1.82, 2.24) is 4.90 Å². The summed E-state index contributed by atoms with van der Waals surface area (Å²) in [4.78, 5) is 4.90. The Morgan fingerprint density at radius 2 is 1.83 bits per heavy atom. The second-order valence-corrected chi connectivity index (χ2v) is 7.13. The van der Waals surface area contributed by atoms with Crippen molar-refractivity contribution in [1.29, 1.82) is 0 Å². The highest BCUT2D eigenvalue weighted by Gasteiger charge is 2.33. The highest BCUT2D eigenvalue weighted by atomic mass is 35.5. The van der Waals surface area contributed by atoms with Crippen LogP contribution in [0.2, 0.25) is 5.02 Å². The van der Waals surface area contributed by atoms with Gasteiger partial charge in [-0.25, -0.2) is 4.39 Å². The minimum atomic E-state index is -0.255. The third-order valence-corrected chi connectivity index (χ3v) is 5.64. The zero-order chi connectivity index (χ0) is 15.8. The number of likely N-dealkylation sites (tertiary alicyclic amines) is 1. The van der Waals surface area contributed by atoms with E-state index < -0.39 is 0 Å². The number of halogens is 2. The van der Waals surface area contributed by atoms with E-state index in [2.05, 4.69) is 15.1 Å². The molecule has 0 unspecified atom stereocenters. The predicted molar refractivity (Wildman–Crippen MR) is 90.8 cm³/mol. The fraction of sp³-hybridized carbons (Fsp3) is 0.647. The molecule has 126 valence electrons. The molecular formula is C17H23ClFN3O. The van der Waals surface area contributed by atoms with Crippen molar-refractivity contribution in [2.45, 2.75) is 37.8 Å². The van der Waals surface area contributed by atoms with Crippen LogP contribution in [0.25, 0.3) is 0 Å². The summed E-state index contributed by atoms with van der Waals surface area (Å²) in [6.45, 7) is 4.69. The first-order valence-corrected chi connectivity index (χ1v) is 8.91. The van der Waals surface area contributed by atoms with Crippen LogP contribution in [0.1, 0.15) is 25.7 Å². The Hall–Kier alpha value is -1.04. The molecule has 4 nitrogen and oxygen atoms in total. The molecule has 0 bridgehead atoms. The summed E-state index contributed by atoms with van der Waals surface area (Å²) in [5, 5.41) is 3.65. The largest absolute Gasteiger partial charge is 0.381 e. The molecular weight excluding hydrogens is 317 g/mol. The van der Waals surface area contributed by atoms with Crippen LogP contribution in [-0.2, 0) is 4.74 Å². The lowest BCUT2D eigenvalue weighted by Gasteiger charge is -2.42. The maximum atomic E-state index is 14.0. The Labute approximate surface area is 141 Å². The summed E-state index contributed by atoms with van der Waals surface area (Å²) in [5.41, 5.74) is 1.51. The molecule has 0 radical (unpaired) electrons. The van der Waals surface area contributed by atoms with Crippen molar-refractivity contribution in [2.24, 2.45) is 0 Å². The van der Waals surface area contributed by atoms with Gasteiger partial charge in [0, 0.05) is 43.4 Å². The second kappa shape index (κ2) is 6.46. The van der Waals surface area contributed by atoms with Gasteiger partial charge in [0.05, 0.1) is 18.0 Å². The predicted octanol–water partition coefficient (Wildman–Crippen LogP) is 3.31. The Bertz CT molecular complexity index is 571. The van der Waals surface area contributed by atoms with Gasteiger partial charge in [-0.05, 0) is 37.8 Å². The van der Waals surface area contributed by atoms with Gasteiger partial charge in [-0.3, -0.25) is 0 Å². The van der Waals surface area contributed by atoms with Crippen molar-refractivity contribution in [3.63, 3.8) is 0 Å². The van der Waals surface area contributed by atoms with E-state index in [0.29, 0.717) is 29.5 Å². The first-order chi connectivity index (χ1) is 11.2. The highest BCUT2D eigenvalue weighted by Crippen LogP contribution is 2.39. The average molecular weight is 340 g/mol. The molecule has 0 aromatic heterocycles. The number of nitrogens with zero attached hydrogens (tertiary/aromatic N) is 2. The van der Waals surface area contributed by atoms with Crippen LogP contribution in [0, 0.1) is 5.82 Å². The second-order valence-electron chi connectivity index (χ2n) is 6.70. The van der Waals surface area contributed by atoms with Gasteiger partial charge in [0.25, 0.3) is 0 Å². The highest BCUT2D eigenvalue weighted by molar-refractivity contribution is 6.31. The van der Waals surface area contributed by atoms with E-state index in [1.165, 1.54) is 6.07 Å². The van der Waals surface area contributed by atoms with Crippen LogP contribution < -0.4 is 10.2 Å². The van der Waals surface area contributed by atoms with Gasteiger partial charge in [-0.2, -0.15) is 0 Å². The topological polar surface area (TPSA) is 27.7 Å². The van der Waals surface area contributed by atoms with E-state index in [1.54, 1.807) is 0 Å². The Balaban J connectivity index is 1.42. The Morgan fingerprint density at radius 1 is 1.09 bits per heavy atom. The first-order valence-electron chi connectivity index (χ1n) is 8.54. The van der Waals surface area contributed by atoms with E-state index in [-0.39, 0.29) is 5.82 Å². The third kappa shape index (κ3) is 3.02. The van der Waals surface area contributed by atoms with Crippen LogP contribution in [0.3, 0.4) is 0 Å². The standard InChI is InChI=1S/C17H23ClFN3O/c18-12-9-15(19)17-16(10-12)22(11-20-17)14-1-5-21(6-2-14)13-3-7-23-8-4-13/h9-10,13-14,20H,1-8,11H2. The van der Waals surface area contributed by atoms with E-state index in [4.69, 9.17) is 16.3 Å². The molecule has 6 heteroatoms. The zero-order valence-electron chi connectivity index (χ0n) is 13.2. The Morgan fingerprint density at radius 3 is 2.57 bits per heavy atom. The van der Waals surface area contributed by atoms with Crippen molar-refractivity contribution in [2.75, 3.05) is 43.2 Å². The maximum Gasteiger partial charge on any atom is 0.149 e. The summed E-state index contributed by atoms with van der Waals surface area (Å²) in [5.74, 6) is -0.255. The van der Waals surface area contributed by atoms with E-state index >= 15 is 0 Å². The molecule has 0 saturated carbocycles. The normalized spacial score (nSPS) is 23.8. The van der Waals surface area contributed by atoms with Gasteiger partial charge in [-0.1, -0.05) is 11.6 Å². The number of anilines is 2. The number of hydrogen-bond acceptors (Lipinski definition) is 4. The van der Waals surface area contributed by atoms with E-state index in [0.717, 1.165) is 57.7 Å². The van der Waals surface area contributed by atoms with Crippen molar-refractivity contribution >= 4 is 23.0 Å². The average Bonchev–Trinajstić information content (AvgIpc) is 3.00. The molecule has 1 N–H and O–H groups in total. The minimum Gasteiger partial charge on any atom is -0.381 e. The zero-order valence-corrected chi connectivity index (χ0v) is 14.0. The number of fused-ring (bicyclic) bond motifs is 1. The van der Waals surface area contributed by atoms with Gasteiger partial charge in [-0.15, -0.1) is 0 Å². The number of rotatable bonds is 2. The summed E-state index contributed by atoms with van der Waals surface area (Å²) >= 11 is 6.04. The van der Waals surface area contributed by atoms with Crippen LogP contribution in [-0.4, -0.2) is 50.0 Å². The summed E-state index contributed by atoms with van der Waals surface area (Å²) in [6, 6.07) is 4.40. The molecule has 3 heterocycles. The maximum absolute atomic E-state index is 14.0. The first kappa shape index (κ1) is 15.5. The van der Waals surface area contributed by atoms with Crippen molar-refractivity contribution < 1.29 is 9.13 Å². The lowest BCUT2D eigenvalue weighted by molar-refractivity contribution is 0.0252. The van der Waals surface area contributed by atoms with Gasteiger partial charge in [0.1, 0.15) is 5.82 Å². The molecule has 0 aliphatic carbocycles. The Kier molecular flexibility index (Phi) is 4.35. The molecule has 2 fully saturated rings. The quantitative estimate of drug-likeness (QED) is 0.894. The number of piperidine rings is 1. The molecule has 0 spiro atoms. The molecule has 0 atom stereocenters. The number of nitrogens with one attached hydrogen (secondary N) is 1. The van der Waals surface area contributed by atoms with Gasteiger partial charge < -0.3 is 19.9 Å². The van der Waals surface area contributed by atoms with E-state index in [1.807, 2.05) is 6.07 Å². The molecule has 3 aliphatic heterocycles. The molecule has 1 aromatic rings. The fourth-order valence-corrected chi connectivity index (χ4v) is 4.35. The molecule has 4 rings (SSSR count). The summed E-state index contributed by atoms with van der Waals surface area (Å²) < 4.78 is 19.5. The van der Waals surface area contributed by atoms with E-state index in [9.17, 15) is 4.39 Å². The SMILES string of the molecule is Fc1cc(Cl)cc2c1NCN2C1CCN(C2CCOCC2)CC1. The smallest absolute Gasteiger partial charge is 0.149 e. The monoisotopic (exact) mass is 339 g/mol. The van der Waals surface area contributed by atoms with Crippen LogP contribution in [0.15, 0.2) is 12.1 Å². The van der Waals surface area contributed by atoms with Gasteiger partial charge in [0.2, 0.25) is 0 Å². The van der Waals surface area contributed by atoms with Gasteiger partial charge in [0.15, 0.2) is 0 Å². The molecule has 23 heavy (non-hydrogen) atoms. The number of ether oxygens (including phenoxy) is 1. The molecule has 1 aromatic carbocycles. The van der Waals surface area contributed by atoms with Crippen molar-refractivity contribution in [3.05, 3.63) is 23.0 Å². The minimum absolute atomic E-state index is 0.255. The van der Waals surface area contributed by atoms with Gasteiger partial charge >= 0.3 is 0 Å². The van der Waals surface area contributed by atoms with Crippen LogP contribution in [0.5, 0.6) is 0 Å². The lowest BCUT2D eigenvalue weighted by atomic mass is 9.98. The van der Waals surface area contributed by atoms with Crippen LogP contribution in [0.4, 0.5) is 15.8 Å². The van der Waals surface area contributed by atoms with Crippen LogP contribution >= 0.6 is 11.6 Å². The number of hydrogen-bond donors (Lipinski definition) is 1. The number of benzene rings is 1. The summed E-state index contributed by atoms with van der Waals surface area (Å²) in [7, 11) is 0. The molecule has 3 aliphatic rings.